The maximum atomic E-state index is 11.3. The molecule has 24 heavy (non-hydrogen) atoms. The van der Waals surface area contributed by atoms with Gasteiger partial charge in [0.2, 0.25) is 5.88 Å². The molecule has 0 aliphatic carbocycles. The van der Waals surface area contributed by atoms with Crippen molar-refractivity contribution in [3.63, 3.8) is 0 Å². The van der Waals surface area contributed by atoms with E-state index in [1.165, 1.54) is 0 Å². The Morgan fingerprint density at radius 2 is 2.17 bits per heavy atom. The highest BCUT2D eigenvalue weighted by Gasteiger charge is 2.30. The molecule has 1 saturated heterocycles. The molecule has 0 radical (unpaired) electrons. The molecule has 4 rings (SSSR count). The molecule has 4 N–H and O–H groups in total. The third kappa shape index (κ3) is 2.66. The Bertz CT molecular complexity index is 933. The van der Waals surface area contributed by atoms with Crippen LogP contribution in [0.25, 0.3) is 22.3 Å². The molecular weight excluding hydrogens is 308 g/mol. The van der Waals surface area contributed by atoms with Crippen LogP contribution in [-0.4, -0.2) is 44.4 Å². The van der Waals surface area contributed by atoms with Gasteiger partial charge in [-0.3, -0.25) is 10.8 Å². The number of aromatic nitrogens is 4. The maximum absolute atomic E-state index is 11.3. The number of hydrogen-bond donors (Lipinski definition) is 3. The summed E-state index contributed by atoms with van der Waals surface area (Å²) in [5.41, 5.74) is 0.183. The topological polar surface area (TPSA) is 113 Å². The van der Waals surface area contributed by atoms with Crippen molar-refractivity contribution in [1.82, 2.24) is 25.2 Å². The van der Waals surface area contributed by atoms with E-state index in [1.807, 2.05) is 30.3 Å². The summed E-state index contributed by atoms with van der Waals surface area (Å²) in [6, 6.07) is 9.71. The number of nitrogens with zero attached hydrogens (tertiary/aromatic N) is 3. The summed E-state index contributed by atoms with van der Waals surface area (Å²) in [6.45, 7) is 3.55. The molecule has 0 amide bonds. The van der Waals surface area contributed by atoms with Gasteiger partial charge in [-0.2, -0.15) is 5.10 Å². The summed E-state index contributed by atoms with van der Waals surface area (Å²) >= 11 is 0. The number of benzene rings is 1. The van der Waals surface area contributed by atoms with E-state index in [1.54, 1.807) is 5.01 Å². The molecule has 1 aliphatic rings. The highest BCUT2D eigenvalue weighted by Crippen LogP contribution is 2.30. The van der Waals surface area contributed by atoms with Crippen LogP contribution >= 0.6 is 0 Å². The molecule has 3 heterocycles. The van der Waals surface area contributed by atoms with Gasteiger partial charge in [0.15, 0.2) is 5.82 Å². The second-order valence-corrected chi connectivity index (χ2v) is 6.15. The second kappa shape index (κ2) is 5.73. The van der Waals surface area contributed by atoms with Gasteiger partial charge in [0, 0.05) is 17.8 Å². The molecule has 0 bridgehead atoms. The normalized spacial score (nSPS) is 21.4. The number of fused-ring (bicyclic) bond motifs is 1. The minimum atomic E-state index is -0.370. The van der Waals surface area contributed by atoms with Gasteiger partial charge in [0.25, 0.3) is 0 Å². The lowest BCUT2D eigenvalue weighted by Gasteiger charge is -2.18. The number of H-pyrrole nitrogens is 2. The van der Waals surface area contributed by atoms with Crippen molar-refractivity contribution in [2.24, 2.45) is 11.8 Å². The van der Waals surface area contributed by atoms with E-state index < -0.39 is 0 Å². The van der Waals surface area contributed by atoms with Crippen LogP contribution in [0, 0.1) is 5.92 Å². The van der Waals surface area contributed by atoms with E-state index in [0.29, 0.717) is 29.9 Å². The maximum Gasteiger partial charge on any atom is 0.340 e. The predicted molar refractivity (Wildman–Crippen MR) is 89.3 cm³/mol. The quantitative estimate of drug-likeness (QED) is 0.616. The van der Waals surface area contributed by atoms with Crippen molar-refractivity contribution < 1.29 is 4.74 Å². The molecule has 2 atom stereocenters. The van der Waals surface area contributed by atoms with E-state index in [2.05, 4.69) is 27.1 Å². The van der Waals surface area contributed by atoms with E-state index in [0.717, 1.165) is 17.3 Å². The van der Waals surface area contributed by atoms with Crippen LogP contribution in [0.15, 0.2) is 35.1 Å². The average Bonchev–Trinajstić information content (AvgIpc) is 3.13. The fraction of sp³-hybridized carbons (Fsp3) is 0.312. The number of pyridine rings is 1. The number of nitrogens with two attached hydrogens (primary N) is 1. The van der Waals surface area contributed by atoms with Crippen LogP contribution in [0.4, 0.5) is 0 Å². The number of rotatable bonds is 3. The minimum Gasteiger partial charge on any atom is -0.472 e. The molecule has 8 heteroatoms. The molecule has 1 aromatic carbocycles. The minimum absolute atomic E-state index is 0.0283. The van der Waals surface area contributed by atoms with E-state index in [-0.39, 0.29) is 11.8 Å². The number of aromatic amines is 2. The fourth-order valence-electron chi connectivity index (χ4n) is 3.04. The zero-order chi connectivity index (χ0) is 16.7. The molecule has 0 unspecified atom stereocenters. The molecule has 124 valence electrons. The van der Waals surface area contributed by atoms with Gasteiger partial charge in [-0.1, -0.05) is 25.1 Å². The van der Waals surface area contributed by atoms with Gasteiger partial charge in [-0.15, -0.1) is 0 Å². The van der Waals surface area contributed by atoms with Crippen LogP contribution in [0.5, 0.6) is 5.88 Å². The van der Waals surface area contributed by atoms with Gasteiger partial charge in [0.1, 0.15) is 11.8 Å². The van der Waals surface area contributed by atoms with Crippen LogP contribution in [0.2, 0.25) is 0 Å². The SMILES string of the molecule is C[C@@H]1CN(N)C[C@H]1Oc1nc(-c2n[nH]c(=O)[nH]2)cc2ccccc12. The third-order valence-corrected chi connectivity index (χ3v) is 4.28. The Balaban J connectivity index is 1.79. The Morgan fingerprint density at radius 3 is 2.88 bits per heavy atom. The molecule has 0 saturated carbocycles. The summed E-state index contributed by atoms with van der Waals surface area (Å²) in [5, 5.41) is 9.95. The van der Waals surface area contributed by atoms with Crippen LogP contribution in [-0.2, 0) is 0 Å². The number of ether oxygens (including phenoxy) is 1. The third-order valence-electron chi connectivity index (χ3n) is 4.28. The summed E-state index contributed by atoms with van der Waals surface area (Å²) in [7, 11) is 0. The molecule has 0 spiro atoms. The molecule has 8 nitrogen and oxygen atoms in total. The first kappa shape index (κ1) is 14.9. The van der Waals surface area contributed by atoms with Crippen LogP contribution in [0.1, 0.15) is 6.92 Å². The largest absolute Gasteiger partial charge is 0.472 e. The van der Waals surface area contributed by atoms with Crippen LogP contribution < -0.4 is 16.3 Å². The van der Waals surface area contributed by atoms with Crippen molar-refractivity contribution in [2.45, 2.75) is 13.0 Å². The first-order valence-corrected chi connectivity index (χ1v) is 7.81. The highest BCUT2D eigenvalue weighted by atomic mass is 16.5. The lowest BCUT2D eigenvalue weighted by atomic mass is 10.1. The standard InChI is InChI=1S/C16H18N6O2/c1-9-7-22(17)8-13(9)24-15-11-5-3-2-4-10(11)6-12(18-15)14-19-16(23)21-20-14/h2-6,9,13H,7-8,17H2,1H3,(H2,19,20,21,23)/t9-,13-/m1/s1. The molecule has 1 aliphatic heterocycles. The Morgan fingerprint density at radius 1 is 1.33 bits per heavy atom. The van der Waals surface area contributed by atoms with Crippen molar-refractivity contribution in [2.75, 3.05) is 13.1 Å². The van der Waals surface area contributed by atoms with Crippen molar-refractivity contribution in [3.05, 3.63) is 40.8 Å². The highest BCUT2D eigenvalue weighted by molar-refractivity contribution is 5.89. The first-order valence-electron chi connectivity index (χ1n) is 7.81. The van der Waals surface area contributed by atoms with Crippen molar-refractivity contribution in [3.8, 4) is 17.4 Å². The van der Waals surface area contributed by atoms with Crippen LogP contribution in [0.3, 0.4) is 0 Å². The zero-order valence-electron chi connectivity index (χ0n) is 13.2. The zero-order valence-corrected chi connectivity index (χ0v) is 13.2. The molecular formula is C16H18N6O2. The number of hydrazine groups is 1. The Hall–Kier alpha value is -2.71. The smallest absolute Gasteiger partial charge is 0.340 e. The average molecular weight is 326 g/mol. The summed E-state index contributed by atoms with van der Waals surface area (Å²) in [4.78, 5) is 18.5. The Kier molecular flexibility index (Phi) is 3.55. The monoisotopic (exact) mass is 326 g/mol. The van der Waals surface area contributed by atoms with Gasteiger partial charge >= 0.3 is 5.69 Å². The van der Waals surface area contributed by atoms with Gasteiger partial charge in [-0.25, -0.2) is 19.9 Å². The van der Waals surface area contributed by atoms with E-state index in [4.69, 9.17) is 10.6 Å². The van der Waals surface area contributed by atoms with E-state index in [9.17, 15) is 4.79 Å². The fourth-order valence-corrected chi connectivity index (χ4v) is 3.04. The summed E-state index contributed by atoms with van der Waals surface area (Å²) in [6.07, 6.45) is -0.0283. The number of hydrogen-bond acceptors (Lipinski definition) is 6. The first-order chi connectivity index (χ1) is 11.6. The van der Waals surface area contributed by atoms with Gasteiger partial charge in [0.05, 0.1) is 6.54 Å². The number of nitrogens with one attached hydrogen (secondary N) is 2. The summed E-state index contributed by atoms with van der Waals surface area (Å²) in [5.74, 6) is 7.11. The molecule has 3 aromatic rings. The molecule has 2 aromatic heterocycles. The Labute approximate surface area is 137 Å². The van der Waals surface area contributed by atoms with Gasteiger partial charge in [-0.05, 0) is 17.5 Å². The summed E-state index contributed by atoms with van der Waals surface area (Å²) < 4.78 is 6.18. The second-order valence-electron chi connectivity index (χ2n) is 6.15. The molecule has 1 fully saturated rings. The lowest BCUT2D eigenvalue weighted by Crippen LogP contribution is -2.30. The van der Waals surface area contributed by atoms with Gasteiger partial charge < -0.3 is 4.74 Å². The van der Waals surface area contributed by atoms with Crippen molar-refractivity contribution in [1.29, 1.82) is 0 Å². The van der Waals surface area contributed by atoms with Crippen molar-refractivity contribution >= 4 is 10.8 Å². The van der Waals surface area contributed by atoms with E-state index >= 15 is 0 Å². The lowest BCUT2D eigenvalue weighted by molar-refractivity contribution is 0.170. The predicted octanol–water partition coefficient (Wildman–Crippen LogP) is 0.886.